The van der Waals surface area contributed by atoms with Crippen molar-refractivity contribution in [2.24, 2.45) is 5.92 Å². The summed E-state index contributed by atoms with van der Waals surface area (Å²) in [5.41, 5.74) is 0.898. The Bertz CT molecular complexity index is 1150. The molecule has 0 unspecified atom stereocenters. The Morgan fingerprint density at radius 2 is 1.86 bits per heavy atom. The summed E-state index contributed by atoms with van der Waals surface area (Å²) >= 11 is 1.34. The Balaban J connectivity index is 1.88. The minimum absolute atomic E-state index is 0.0136. The lowest BCUT2D eigenvalue weighted by Crippen LogP contribution is -2.54. The van der Waals surface area contributed by atoms with Crippen LogP contribution in [-0.2, 0) is 30.3 Å². The molecule has 0 aliphatic carbocycles. The van der Waals surface area contributed by atoms with Crippen LogP contribution in [0.5, 0.6) is 0 Å². The molecule has 0 radical (unpaired) electrons. The first kappa shape index (κ1) is 35.9. The summed E-state index contributed by atoms with van der Waals surface area (Å²) in [6.07, 6.45) is 2.09. The number of carbonyl (C=O) groups is 2. The van der Waals surface area contributed by atoms with Crippen molar-refractivity contribution < 1.29 is 34.0 Å². The highest BCUT2D eigenvalue weighted by molar-refractivity contribution is 7.99. The molecule has 44 heavy (non-hydrogen) atoms. The summed E-state index contributed by atoms with van der Waals surface area (Å²) in [6.45, 7) is 7.69. The third kappa shape index (κ3) is 10.2. The van der Waals surface area contributed by atoms with Gasteiger partial charge in [0.15, 0.2) is 11.0 Å². The van der Waals surface area contributed by atoms with E-state index in [1.54, 1.807) is 17.3 Å². The van der Waals surface area contributed by atoms with Crippen molar-refractivity contribution in [3.8, 4) is 11.4 Å². The predicted molar refractivity (Wildman–Crippen MR) is 166 cm³/mol. The standard InChI is InChI=1S/C30H48N6O7S/c1-6-35-29(22-9-11-31-12-10-22)32-33-30(35)44-20-27(39)36-13-7-8-14-43-18-24(37)28(40)25(42-5)17-34(26(38)19-41-4)16-23(36)15-21(2)3/h9-12,21,23-25,28,37,40H,6-8,13-20H2,1-5H3/t23-,24+,25+,28+/m0/s1. The molecule has 1 aliphatic rings. The highest BCUT2D eigenvalue weighted by Crippen LogP contribution is 2.25. The van der Waals surface area contributed by atoms with Crippen molar-refractivity contribution in [2.45, 2.75) is 76.1 Å². The second-order valence-corrected chi connectivity index (χ2v) is 12.2. The molecule has 0 bridgehead atoms. The molecule has 2 amide bonds. The van der Waals surface area contributed by atoms with E-state index in [2.05, 4.69) is 29.0 Å². The van der Waals surface area contributed by atoms with Crippen LogP contribution in [0.3, 0.4) is 0 Å². The molecule has 1 aliphatic heterocycles. The fraction of sp³-hybridized carbons (Fsp3) is 0.700. The highest BCUT2D eigenvalue weighted by atomic mass is 32.2. The summed E-state index contributed by atoms with van der Waals surface area (Å²) < 4.78 is 18.3. The number of aromatic nitrogens is 4. The number of carbonyl (C=O) groups excluding carboxylic acids is 2. The zero-order chi connectivity index (χ0) is 32.1. The third-order valence-electron chi connectivity index (χ3n) is 7.56. The second kappa shape index (κ2) is 18.4. The Labute approximate surface area is 264 Å². The molecule has 1 saturated heterocycles. The first-order chi connectivity index (χ1) is 21.2. The number of hydrogen-bond acceptors (Lipinski definition) is 11. The average molecular weight is 637 g/mol. The van der Waals surface area contributed by atoms with E-state index in [-0.39, 0.29) is 55.8 Å². The number of methoxy groups -OCH3 is 2. The number of aliphatic hydroxyl groups is 2. The largest absolute Gasteiger partial charge is 0.388 e. The number of ether oxygens (including phenoxy) is 3. The first-order valence-corrected chi connectivity index (χ1v) is 16.2. The highest BCUT2D eigenvalue weighted by Gasteiger charge is 2.33. The van der Waals surface area contributed by atoms with Gasteiger partial charge in [-0.1, -0.05) is 25.6 Å². The molecule has 14 heteroatoms. The van der Waals surface area contributed by atoms with E-state index < -0.39 is 18.3 Å². The molecule has 3 rings (SSSR count). The van der Waals surface area contributed by atoms with Crippen LogP contribution < -0.4 is 0 Å². The van der Waals surface area contributed by atoms with Crippen LogP contribution >= 0.6 is 11.8 Å². The van der Waals surface area contributed by atoms with Gasteiger partial charge in [0.25, 0.3) is 0 Å². The van der Waals surface area contributed by atoms with Gasteiger partial charge in [0.05, 0.1) is 12.4 Å². The molecule has 0 aromatic carbocycles. The van der Waals surface area contributed by atoms with Gasteiger partial charge in [-0.3, -0.25) is 14.6 Å². The number of rotatable bonds is 10. The molecule has 246 valence electrons. The lowest BCUT2D eigenvalue weighted by atomic mass is 10.00. The van der Waals surface area contributed by atoms with Gasteiger partial charge < -0.3 is 38.8 Å². The Morgan fingerprint density at radius 1 is 1.11 bits per heavy atom. The summed E-state index contributed by atoms with van der Waals surface area (Å²) in [6, 6.07) is 3.45. The monoisotopic (exact) mass is 636 g/mol. The van der Waals surface area contributed by atoms with Crippen molar-refractivity contribution in [3.63, 3.8) is 0 Å². The van der Waals surface area contributed by atoms with Gasteiger partial charge in [0, 0.05) is 71.0 Å². The predicted octanol–water partition coefficient (Wildman–Crippen LogP) is 1.72. The van der Waals surface area contributed by atoms with Crippen LogP contribution in [0.1, 0.15) is 40.0 Å². The maximum Gasteiger partial charge on any atom is 0.248 e. The fourth-order valence-corrected chi connectivity index (χ4v) is 6.17. The molecule has 13 nitrogen and oxygen atoms in total. The number of thioether (sulfide) groups is 1. The minimum Gasteiger partial charge on any atom is -0.388 e. The lowest BCUT2D eigenvalue weighted by Gasteiger charge is -2.38. The molecular formula is C30H48N6O7S. The summed E-state index contributed by atoms with van der Waals surface area (Å²) in [5.74, 6) is 0.740. The average Bonchev–Trinajstić information content (AvgIpc) is 3.43. The molecule has 0 saturated carbocycles. The van der Waals surface area contributed by atoms with Crippen LogP contribution in [0, 0.1) is 5.92 Å². The number of nitrogens with zero attached hydrogens (tertiary/aromatic N) is 6. The Kier molecular flexibility index (Phi) is 15.0. The molecule has 1 fully saturated rings. The first-order valence-electron chi connectivity index (χ1n) is 15.2. The van der Waals surface area contributed by atoms with Crippen LogP contribution in [0.4, 0.5) is 0 Å². The lowest BCUT2D eigenvalue weighted by molar-refractivity contribution is -0.145. The van der Waals surface area contributed by atoms with Crippen molar-refractivity contribution in [2.75, 3.05) is 59.4 Å². The van der Waals surface area contributed by atoms with E-state index >= 15 is 0 Å². The zero-order valence-corrected chi connectivity index (χ0v) is 27.3. The number of hydrogen-bond donors (Lipinski definition) is 2. The normalized spacial score (nSPS) is 22.6. The minimum atomic E-state index is -1.27. The SMILES string of the molecule is CCn1c(SCC(=O)N2CCCCOC[C@@H](O)[C@@H](O)[C@H](OC)CN(C(=O)COC)C[C@@H]2CC(C)C)nnc1-c1ccncc1. The summed E-state index contributed by atoms with van der Waals surface area (Å²) in [5, 5.41) is 30.7. The van der Waals surface area contributed by atoms with Gasteiger partial charge in [-0.05, 0) is 44.2 Å². The van der Waals surface area contributed by atoms with Crippen LogP contribution in [0.15, 0.2) is 29.7 Å². The van der Waals surface area contributed by atoms with E-state index in [1.807, 2.05) is 28.5 Å². The fourth-order valence-electron chi connectivity index (χ4n) is 5.28. The van der Waals surface area contributed by atoms with E-state index in [9.17, 15) is 19.8 Å². The molecular weight excluding hydrogens is 588 g/mol. The van der Waals surface area contributed by atoms with Crippen LogP contribution in [0.25, 0.3) is 11.4 Å². The van der Waals surface area contributed by atoms with Crippen molar-refractivity contribution >= 4 is 23.6 Å². The van der Waals surface area contributed by atoms with Crippen LogP contribution in [-0.4, -0.2) is 135 Å². The van der Waals surface area contributed by atoms with E-state index in [0.29, 0.717) is 49.9 Å². The molecule has 3 heterocycles. The Morgan fingerprint density at radius 3 is 2.52 bits per heavy atom. The van der Waals surface area contributed by atoms with Gasteiger partial charge in [-0.2, -0.15) is 0 Å². The van der Waals surface area contributed by atoms with Crippen LogP contribution in [0.2, 0.25) is 0 Å². The number of aliphatic hydroxyl groups excluding tert-OH is 2. The van der Waals surface area contributed by atoms with Gasteiger partial charge in [0.2, 0.25) is 11.8 Å². The number of pyridine rings is 1. The molecule has 2 aromatic rings. The topological polar surface area (TPSA) is 152 Å². The Hall–Kier alpha value is -2.62. The van der Waals surface area contributed by atoms with E-state index in [4.69, 9.17) is 14.2 Å². The van der Waals surface area contributed by atoms with Gasteiger partial charge in [0.1, 0.15) is 24.9 Å². The van der Waals surface area contributed by atoms with E-state index in [0.717, 1.165) is 5.56 Å². The number of amides is 2. The quantitative estimate of drug-likeness (QED) is 0.367. The van der Waals surface area contributed by atoms with Gasteiger partial charge >= 0.3 is 0 Å². The van der Waals surface area contributed by atoms with E-state index in [1.165, 1.54) is 26.0 Å². The maximum atomic E-state index is 14.0. The smallest absolute Gasteiger partial charge is 0.248 e. The van der Waals surface area contributed by atoms with Gasteiger partial charge in [-0.25, -0.2) is 0 Å². The summed E-state index contributed by atoms with van der Waals surface area (Å²) in [7, 11) is 2.87. The van der Waals surface area contributed by atoms with Crippen molar-refractivity contribution in [1.29, 1.82) is 0 Å². The zero-order valence-electron chi connectivity index (χ0n) is 26.5. The second-order valence-electron chi connectivity index (χ2n) is 11.3. The van der Waals surface area contributed by atoms with Crippen molar-refractivity contribution in [3.05, 3.63) is 24.5 Å². The van der Waals surface area contributed by atoms with Gasteiger partial charge in [-0.15, -0.1) is 10.2 Å². The molecule has 2 N–H and O–H groups in total. The van der Waals surface area contributed by atoms with Crippen molar-refractivity contribution in [1.82, 2.24) is 29.5 Å². The molecule has 2 aromatic heterocycles. The molecule has 0 spiro atoms. The molecule has 4 atom stereocenters. The third-order valence-corrected chi connectivity index (χ3v) is 8.51. The maximum absolute atomic E-state index is 14.0. The summed E-state index contributed by atoms with van der Waals surface area (Å²) in [4.78, 5) is 34.7.